The predicted molar refractivity (Wildman–Crippen MR) is 109 cm³/mol. The maximum atomic E-state index is 13.0. The molecule has 28 heavy (non-hydrogen) atoms. The highest BCUT2D eigenvalue weighted by molar-refractivity contribution is 7.18. The number of benzene rings is 2. The summed E-state index contributed by atoms with van der Waals surface area (Å²) >= 11 is 1.29. The Kier molecular flexibility index (Phi) is 4.16. The second-order valence-corrected chi connectivity index (χ2v) is 7.85. The quantitative estimate of drug-likeness (QED) is 0.655. The lowest BCUT2D eigenvalue weighted by molar-refractivity contribution is 0.104. The SMILES string of the molecule is Nc1nc(NC2CCc3ccccc32)sc1C(=O)c1ccc2c(c1)OCCO2. The first-order valence-electron chi connectivity index (χ1n) is 9.24. The van der Waals surface area contributed by atoms with Crippen molar-refractivity contribution >= 4 is 28.1 Å². The molecule has 2 aromatic carbocycles. The van der Waals surface area contributed by atoms with Gasteiger partial charge in [-0.3, -0.25) is 4.79 Å². The number of nitrogen functional groups attached to an aromatic ring is 1. The molecule has 1 atom stereocenters. The molecule has 0 saturated heterocycles. The molecule has 1 unspecified atom stereocenters. The normalized spacial score (nSPS) is 17.2. The van der Waals surface area contributed by atoms with Crippen LogP contribution in [0.25, 0.3) is 0 Å². The van der Waals surface area contributed by atoms with E-state index in [4.69, 9.17) is 15.2 Å². The molecule has 0 radical (unpaired) electrons. The highest BCUT2D eigenvalue weighted by Gasteiger charge is 2.25. The lowest BCUT2D eigenvalue weighted by Crippen LogP contribution is -2.15. The smallest absolute Gasteiger partial charge is 0.206 e. The van der Waals surface area contributed by atoms with E-state index in [-0.39, 0.29) is 17.6 Å². The summed E-state index contributed by atoms with van der Waals surface area (Å²) in [5.74, 6) is 1.33. The first kappa shape index (κ1) is 17.1. The zero-order valence-corrected chi connectivity index (χ0v) is 15.9. The van der Waals surface area contributed by atoms with Gasteiger partial charge < -0.3 is 20.5 Å². The average Bonchev–Trinajstić information content (AvgIpc) is 3.30. The molecule has 3 N–H and O–H groups in total. The summed E-state index contributed by atoms with van der Waals surface area (Å²) in [5, 5.41) is 4.11. The van der Waals surface area contributed by atoms with Crippen LogP contribution < -0.4 is 20.5 Å². The number of hydrogen-bond acceptors (Lipinski definition) is 7. The standard InChI is InChI=1S/C21H19N3O3S/c22-20-19(18(25)13-6-8-16-17(11-13)27-10-9-26-16)28-21(24-20)23-15-7-5-12-3-1-2-4-14(12)15/h1-4,6,8,11,15H,5,7,9-10,22H2,(H,23,24). The number of fused-ring (bicyclic) bond motifs is 2. The summed E-state index contributed by atoms with van der Waals surface area (Å²) in [6.07, 6.45) is 2.04. The number of ketones is 1. The summed E-state index contributed by atoms with van der Waals surface area (Å²) in [6.45, 7) is 0.992. The highest BCUT2D eigenvalue weighted by Crippen LogP contribution is 2.37. The Morgan fingerprint density at radius 2 is 1.96 bits per heavy atom. The fourth-order valence-corrected chi connectivity index (χ4v) is 4.63. The lowest BCUT2D eigenvalue weighted by Gasteiger charge is -2.18. The first-order chi connectivity index (χ1) is 13.7. The second-order valence-electron chi connectivity index (χ2n) is 6.86. The molecule has 1 aliphatic heterocycles. The fraction of sp³-hybridized carbons (Fsp3) is 0.238. The minimum Gasteiger partial charge on any atom is -0.486 e. The van der Waals surface area contributed by atoms with Crippen molar-refractivity contribution in [1.82, 2.24) is 4.98 Å². The Balaban J connectivity index is 1.38. The maximum absolute atomic E-state index is 13.0. The number of aromatic nitrogens is 1. The van der Waals surface area contributed by atoms with Crippen molar-refractivity contribution in [3.63, 3.8) is 0 Å². The molecule has 0 fully saturated rings. The van der Waals surface area contributed by atoms with Gasteiger partial charge in [-0.15, -0.1) is 0 Å². The maximum Gasteiger partial charge on any atom is 0.206 e. The molecule has 0 saturated carbocycles. The van der Waals surface area contributed by atoms with E-state index < -0.39 is 0 Å². The second kappa shape index (κ2) is 6.83. The van der Waals surface area contributed by atoms with E-state index in [0.717, 1.165) is 12.8 Å². The number of nitrogens with two attached hydrogens (primary N) is 1. The van der Waals surface area contributed by atoms with Crippen molar-refractivity contribution in [1.29, 1.82) is 0 Å². The van der Waals surface area contributed by atoms with Crippen LogP contribution in [0.15, 0.2) is 42.5 Å². The van der Waals surface area contributed by atoms with Crippen molar-refractivity contribution in [2.45, 2.75) is 18.9 Å². The topological polar surface area (TPSA) is 86.5 Å². The van der Waals surface area contributed by atoms with Crippen molar-refractivity contribution in [3.8, 4) is 11.5 Å². The molecule has 2 aliphatic rings. The lowest BCUT2D eigenvalue weighted by atomic mass is 10.1. The van der Waals surface area contributed by atoms with E-state index in [1.54, 1.807) is 18.2 Å². The van der Waals surface area contributed by atoms with Gasteiger partial charge in [-0.2, -0.15) is 0 Å². The summed E-state index contributed by atoms with van der Waals surface area (Å²) in [4.78, 5) is 17.8. The fourth-order valence-electron chi connectivity index (χ4n) is 3.73. The van der Waals surface area contributed by atoms with E-state index in [1.807, 2.05) is 6.07 Å². The van der Waals surface area contributed by atoms with E-state index in [1.165, 1.54) is 22.5 Å². The van der Waals surface area contributed by atoms with Gasteiger partial charge in [0.2, 0.25) is 5.78 Å². The number of hydrogen-bond donors (Lipinski definition) is 2. The molecule has 2 heterocycles. The largest absolute Gasteiger partial charge is 0.486 e. The van der Waals surface area contributed by atoms with Gasteiger partial charge >= 0.3 is 0 Å². The number of nitrogens with one attached hydrogen (secondary N) is 1. The van der Waals surface area contributed by atoms with Crippen LogP contribution >= 0.6 is 11.3 Å². The van der Waals surface area contributed by atoms with Crippen molar-refractivity contribution < 1.29 is 14.3 Å². The third kappa shape index (κ3) is 2.97. The van der Waals surface area contributed by atoms with E-state index in [2.05, 4.69) is 28.5 Å². The Morgan fingerprint density at radius 1 is 1.14 bits per heavy atom. The monoisotopic (exact) mass is 393 g/mol. The van der Waals surface area contributed by atoms with Crippen LogP contribution in [0.2, 0.25) is 0 Å². The van der Waals surface area contributed by atoms with Gasteiger partial charge in [0.25, 0.3) is 0 Å². The molecule has 1 aromatic heterocycles. The minimum atomic E-state index is -0.160. The van der Waals surface area contributed by atoms with Crippen molar-refractivity contribution in [3.05, 3.63) is 64.0 Å². The molecule has 142 valence electrons. The van der Waals surface area contributed by atoms with Crippen LogP contribution in [0.1, 0.15) is 38.8 Å². The van der Waals surface area contributed by atoms with Crippen LogP contribution in [0.5, 0.6) is 11.5 Å². The van der Waals surface area contributed by atoms with E-state index >= 15 is 0 Å². The summed E-state index contributed by atoms with van der Waals surface area (Å²) in [5.41, 5.74) is 9.23. The van der Waals surface area contributed by atoms with Crippen molar-refractivity contribution in [2.75, 3.05) is 24.3 Å². The molecule has 6 nitrogen and oxygen atoms in total. The molecular formula is C21H19N3O3S. The van der Waals surface area contributed by atoms with Crippen LogP contribution in [0, 0.1) is 0 Å². The van der Waals surface area contributed by atoms with Crippen LogP contribution in [0.3, 0.4) is 0 Å². The number of rotatable bonds is 4. The van der Waals surface area contributed by atoms with E-state index in [0.29, 0.717) is 40.3 Å². The Hall–Kier alpha value is -3.06. The Morgan fingerprint density at radius 3 is 2.86 bits per heavy atom. The predicted octanol–water partition coefficient (Wildman–Crippen LogP) is 3.83. The molecule has 3 aromatic rings. The number of carbonyl (C=O) groups excluding carboxylic acids is 1. The van der Waals surface area contributed by atoms with Gasteiger partial charge in [0, 0.05) is 5.56 Å². The van der Waals surface area contributed by atoms with Gasteiger partial charge in [-0.05, 0) is 42.2 Å². The van der Waals surface area contributed by atoms with Gasteiger partial charge in [-0.1, -0.05) is 35.6 Å². The molecule has 0 amide bonds. The van der Waals surface area contributed by atoms with Crippen LogP contribution in [-0.4, -0.2) is 24.0 Å². The summed E-state index contributed by atoms with van der Waals surface area (Å²) in [6, 6.07) is 13.8. The zero-order chi connectivity index (χ0) is 19.1. The number of aryl methyl sites for hydroxylation is 1. The number of nitrogens with zero attached hydrogens (tertiary/aromatic N) is 1. The molecule has 0 bridgehead atoms. The van der Waals surface area contributed by atoms with Gasteiger partial charge in [-0.25, -0.2) is 4.98 Å². The van der Waals surface area contributed by atoms with Gasteiger partial charge in [0.1, 0.15) is 23.9 Å². The minimum absolute atomic E-state index is 0.160. The number of thiazole rings is 1. The highest BCUT2D eigenvalue weighted by atomic mass is 32.1. The molecule has 0 spiro atoms. The molecule has 5 rings (SSSR count). The number of carbonyl (C=O) groups is 1. The molecule has 1 aliphatic carbocycles. The Bertz CT molecular complexity index is 1060. The Labute approximate surface area is 166 Å². The average molecular weight is 393 g/mol. The van der Waals surface area contributed by atoms with Gasteiger partial charge in [0.05, 0.1) is 6.04 Å². The summed E-state index contributed by atoms with van der Waals surface area (Å²) in [7, 11) is 0. The number of ether oxygens (including phenoxy) is 2. The third-order valence-corrected chi connectivity index (χ3v) is 6.10. The summed E-state index contributed by atoms with van der Waals surface area (Å²) < 4.78 is 11.1. The van der Waals surface area contributed by atoms with Crippen molar-refractivity contribution in [2.24, 2.45) is 0 Å². The zero-order valence-electron chi connectivity index (χ0n) is 15.1. The van der Waals surface area contributed by atoms with Gasteiger partial charge in [0.15, 0.2) is 16.6 Å². The van der Waals surface area contributed by atoms with Crippen LogP contribution in [0.4, 0.5) is 10.9 Å². The molecule has 7 heteroatoms. The molecular weight excluding hydrogens is 374 g/mol. The van der Waals surface area contributed by atoms with E-state index in [9.17, 15) is 4.79 Å². The third-order valence-electron chi connectivity index (χ3n) is 5.09. The number of anilines is 2. The van der Waals surface area contributed by atoms with Crippen LogP contribution in [-0.2, 0) is 6.42 Å². The first-order valence-corrected chi connectivity index (χ1v) is 10.1.